The average Bonchev–Trinajstić information content (AvgIpc) is 3.16. The summed E-state index contributed by atoms with van der Waals surface area (Å²) in [4.78, 5) is 28.6. The summed E-state index contributed by atoms with van der Waals surface area (Å²) in [7, 11) is 1.63. The summed E-state index contributed by atoms with van der Waals surface area (Å²) in [5, 5.41) is 9.93. The Morgan fingerprint density at radius 2 is 1.89 bits per heavy atom. The van der Waals surface area contributed by atoms with E-state index in [2.05, 4.69) is 46.7 Å². The van der Waals surface area contributed by atoms with Crippen LogP contribution in [0.4, 0.5) is 4.79 Å². The predicted octanol–water partition coefficient (Wildman–Crippen LogP) is 2.44. The van der Waals surface area contributed by atoms with Gasteiger partial charge in [-0.2, -0.15) is 5.10 Å². The van der Waals surface area contributed by atoms with Gasteiger partial charge in [0.05, 0.1) is 12.2 Å². The van der Waals surface area contributed by atoms with Crippen LogP contribution in [0, 0.1) is 6.92 Å². The van der Waals surface area contributed by atoms with E-state index in [-0.39, 0.29) is 11.9 Å². The lowest BCUT2D eigenvalue weighted by Gasteiger charge is -2.33. The fourth-order valence-electron chi connectivity index (χ4n) is 4.41. The Kier molecular flexibility index (Phi) is 5.07. The van der Waals surface area contributed by atoms with E-state index in [1.54, 1.807) is 11.9 Å². The fourth-order valence-corrected chi connectivity index (χ4v) is 4.41. The Labute approximate surface area is 165 Å². The number of carbonyl (C=O) groups excluding carboxylic acids is 2. The number of benzene rings is 1. The number of nitrogens with one attached hydrogen (secondary N) is 2. The summed E-state index contributed by atoms with van der Waals surface area (Å²) in [6.07, 6.45) is 2.61. The van der Waals surface area contributed by atoms with Crippen molar-refractivity contribution in [1.82, 2.24) is 25.3 Å². The minimum atomic E-state index is -0.105. The number of aromatic nitrogens is 2. The largest absolute Gasteiger partial charge is 0.341 e. The average molecular weight is 381 g/mol. The highest BCUT2D eigenvalue weighted by atomic mass is 16.2. The van der Waals surface area contributed by atoms with Gasteiger partial charge in [0, 0.05) is 32.2 Å². The Bertz CT molecular complexity index is 883. The summed E-state index contributed by atoms with van der Waals surface area (Å²) < 4.78 is 0. The summed E-state index contributed by atoms with van der Waals surface area (Å²) >= 11 is 0. The monoisotopic (exact) mass is 381 g/mol. The summed E-state index contributed by atoms with van der Waals surface area (Å²) in [6.45, 7) is 4.73. The molecule has 0 radical (unpaired) electrons. The first-order valence-electron chi connectivity index (χ1n) is 9.96. The van der Waals surface area contributed by atoms with Crippen LogP contribution in [0.2, 0.25) is 0 Å². The molecular weight excluding hydrogens is 354 g/mol. The summed E-state index contributed by atoms with van der Waals surface area (Å²) in [5.74, 6) is 0.522. The van der Waals surface area contributed by atoms with E-state index in [0.29, 0.717) is 31.1 Å². The van der Waals surface area contributed by atoms with E-state index in [0.717, 1.165) is 37.2 Å². The van der Waals surface area contributed by atoms with Crippen molar-refractivity contribution in [2.75, 3.05) is 26.7 Å². The molecule has 0 bridgehead atoms. The molecule has 3 amide bonds. The zero-order valence-electron chi connectivity index (χ0n) is 16.5. The van der Waals surface area contributed by atoms with Gasteiger partial charge in [0.15, 0.2) is 5.69 Å². The minimum Gasteiger partial charge on any atom is -0.341 e. The number of amides is 3. The van der Waals surface area contributed by atoms with Crippen LogP contribution in [0.5, 0.6) is 0 Å². The number of rotatable bonds is 2. The van der Waals surface area contributed by atoms with Gasteiger partial charge in [-0.25, -0.2) is 4.79 Å². The van der Waals surface area contributed by atoms with Gasteiger partial charge in [-0.1, -0.05) is 24.3 Å². The number of aryl methyl sites for hydroxylation is 1. The molecule has 4 rings (SSSR count). The fraction of sp³-hybridized carbons (Fsp3) is 0.476. The predicted molar refractivity (Wildman–Crippen MR) is 106 cm³/mol. The van der Waals surface area contributed by atoms with Gasteiger partial charge in [-0.3, -0.25) is 9.89 Å². The third-order valence-electron chi connectivity index (χ3n) is 6.05. The zero-order chi connectivity index (χ0) is 19.7. The van der Waals surface area contributed by atoms with Gasteiger partial charge in [0.2, 0.25) is 0 Å². The van der Waals surface area contributed by atoms with Crippen LogP contribution in [0.3, 0.4) is 0 Å². The van der Waals surface area contributed by atoms with Gasteiger partial charge >= 0.3 is 6.03 Å². The molecule has 1 saturated heterocycles. The normalized spacial score (nSPS) is 17.4. The van der Waals surface area contributed by atoms with E-state index in [4.69, 9.17) is 0 Å². The molecule has 2 aromatic rings. The van der Waals surface area contributed by atoms with E-state index >= 15 is 0 Å². The van der Waals surface area contributed by atoms with Crippen LogP contribution in [0.1, 0.15) is 51.6 Å². The quantitative estimate of drug-likeness (QED) is 0.838. The minimum absolute atomic E-state index is 0.00845. The number of piperidine rings is 1. The highest BCUT2D eigenvalue weighted by molar-refractivity contribution is 5.94. The second-order valence-corrected chi connectivity index (χ2v) is 7.68. The molecule has 2 aliphatic rings. The molecule has 28 heavy (non-hydrogen) atoms. The lowest BCUT2D eigenvalue weighted by atomic mass is 9.87. The first-order valence-corrected chi connectivity index (χ1v) is 9.96. The highest BCUT2D eigenvalue weighted by Crippen LogP contribution is 2.31. The van der Waals surface area contributed by atoms with Crippen molar-refractivity contribution in [3.63, 3.8) is 0 Å². The number of aromatic amines is 1. The summed E-state index contributed by atoms with van der Waals surface area (Å²) in [6, 6.07) is 8.43. The Hall–Kier alpha value is -2.83. The van der Waals surface area contributed by atoms with Crippen molar-refractivity contribution < 1.29 is 9.59 Å². The van der Waals surface area contributed by atoms with Gasteiger partial charge in [0.1, 0.15) is 0 Å². The lowest BCUT2D eigenvalue weighted by molar-refractivity contribution is 0.0705. The maximum Gasteiger partial charge on any atom is 0.317 e. The second-order valence-electron chi connectivity index (χ2n) is 7.68. The van der Waals surface area contributed by atoms with Crippen LogP contribution in [0.25, 0.3) is 0 Å². The van der Waals surface area contributed by atoms with E-state index in [9.17, 15) is 9.59 Å². The standard InChI is InChI=1S/C21H27N5O2/c1-14-5-3-4-6-16(14)15-7-10-25(11-8-15)20(27)19-17-9-12-26(21(28)22-2)13-18(17)23-24-19/h3-6,15H,7-13H2,1-2H3,(H,22,28)(H,23,24). The number of hydrogen-bond donors (Lipinski definition) is 2. The first kappa shape index (κ1) is 18.5. The van der Waals surface area contributed by atoms with E-state index in [1.165, 1.54) is 11.1 Å². The molecule has 1 aromatic heterocycles. The highest BCUT2D eigenvalue weighted by Gasteiger charge is 2.31. The Morgan fingerprint density at radius 1 is 1.14 bits per heavy atom. The third-order valence-corrected chi connectivity index (χ3v) is 6.05. The Morgan fingerprint density at radius 3 is 2.61 bits per heavy atom. The van der Waals surface area contributed by atoms with Gasteiger partial charge in [-0.15, -0.1) is 0 Å². The molecule has 1 fully saturated rings. The zero-order valence-corrected chi connectivity index (χ0v) is 16.5. The van der Waals surface area contributed by atoms with Gasteiger partial charge in [0.25, 0.3) is 5.91 Å². The molecule has 0 spiro atoms. The van der Waals surface area contributed by atoms with Crippen LogP contribution < -0.4 is 5.32 Å². The van der Waals surface area contributed by atoms with Crippen molar-refractivity contribution in [2.24, 2.45) is 0 Å². The molecule has 0 saturated carbocycles. The van der Waals surface area contributed by atoms with Crippen molar-refractivity contribution in [3.05, 3.63) is 52.3 Å². The number of nitrogens with zero attached hydrogens (tertiary/aromatic N) is 3. The molecule has 0 atom stereocenters. The molecule has 1 aromatic carbocycles. The van der Waals surface area contributed by atoms with E-state index < -0.39 is 0 Å². The van der Waals surface area contributed by atoms with Gasteiger partial charge < -0.3 is 15.1 Å². The molecule has 0 aliphatic carbocycles. The molecule has 0 unspecified atom stereocenters. The van der Waals surface area contributed by atoms with Crippen LogP contribution in [-0.2, 0) is 13.0 Å². The summed E-state index contributed by atoms with van der Waals surface area (Å²) in [5.41, 5.74) is 5.09. The van der Waals surface area contributed by atoms with Crippen molar-refractivity contribution in [2.45, 2.75) is 38.6 Å². The lowest BCUT2D eigenvalue weighted by Crippen LogP contribution is -2.42. The SMILES string of the molecule is CNC(=O)N1CCc2c(C(=O)N3CCC(c4ccccc4C)CC3)n[nH]c2C1. The van der Waals surface area contributed by atoms with Crippen LogP contribution in [0.15, 0.2) is 24.3 Å². The number of likely N-dealkylation sites (tertiary alicyclic amines) is 1. The molecule has 2 aliphatic heterocycles. The van der Waals surface area contributed by atoms with Gasteiger partial charge in [-0.05, 0) is 43.2 Å². The number of carbonyl (C=O) groups is 2. The molecule has 3 heterocycles. The second kappa shape index (κ2) is 7.66. The maximum atomic E-state index is 13.1. The van der Waals surface area contributed by atoms with Crippen molar-refractivity contribution in [3.8, 4) is 0 Å². The topological polar surface area (TPSA) is 81.3 Å². The smallest absolute Gasteiger partial charge is 0.317 e. The van der Waals surface area contributed by atoms with E-state index in [1.807, 2.05) is 4.90 Å². The molecule has 7 heteroatoms. The van der Waals surface area contributed by atoms with Crippen molar-refractivity contribution in [1.29, 1.82) is 0 Å². The molecule has 2 N–H and O–H groups in total. The number of urea groups is 1. The number of hydrogen-bond acceptors (Lipinski definition) is 3. The van der Waals surface area contributed by atoms with Crippen LogP contribution >= 0.6 is 0 Å². The molecule has 7 nitrogen and oxygen atoms in total. The third kappa shape index (κ3) is 3.37. The maximum absolute atomic E-state index is 13.1. The van der Waals surface area contributed by atoms with Crippen LogP contribution in [-0.4, -0.2) is 58.6 Å². The first-order chi connectivity index (χ1) is 13.6. The molecule has 148 valence electrons. The molecular formula is C21H27N5O2. The number of fused-ring (bicyclic) bond motifs is 1. The van der Waals surface area contributed by atoms with Crippen molar-refractivity contribution >= 4 is 11.9 Å². The Balaban J connectivity index is 1.42. The number of H-pyrrole nitrogens is 1.